The number of carbonyl (C=O) groups excluding carboxylic acids is 1. The van der Waals surface area contributed by atoms with Gasteiger partial charge in [-0.15, -0.1) is 0 Å². The molecular weight excluding hydrogens is 509 g/mol. The van der Waals surface area contributed by atoms with Gasteiger partial charge in [0.25, 0.3) is 0 Å². The summed E-state index contributed by atoms with van der Waals surface area (Å²) >= 11 is 1.10. The number of aryl methyl sites for hydroxylation is 1. The van der Waals surface area contributed by atoms with Crippen molar-refractivity contribution in [2.45, 2.75) is 25.4 Å². The predicted octanol–water partition coefficient (Wildman–Crippen LogP) is 3.77. The molecule has 0 radical (unpaired) electrons. The van der Waals surface area contributed by atoms with Crippen molar-refractivity contribution in [2.75, 3.05) is 31.6 Å². The molecule has 1 fully saturated rings. The first kappa shape index (κ1) is 25.4. The van der Waals surface area contributed by atoms with Crippen LogP contribution in [0.3, 0.4) is 0 Å². The number of nitrogens with zero attached hydrogens (tertiary/aromatic N) is 4. The summed E-state index contributed by atoms with van der Waals surface area (Å²) in [5, 5.41) is 17.1. The molecule has 1 amide bonds. The highest BCUT2D eigenvalue weighted by atomic mass is 32.1. The molecule has 1 aliphatic rings. The molecule has 37 heavy (non-hydrogen) atoms. The predicted molar refractivity (Wildman–Crippen MR) is 134 cm³/mol. The maximum absolute atomic E-state index is 13.0. The minimum Gasteiger partial charge on any atom is -0.378 e. The van der Waals surface area contributed by atoms with E-state index in [0.29, 0.717) is 58.7 Å². The molecule has 0 saturated carbocycles. The molecule has 9 nitrogen and oxygen atoms in total. The van der Waals surface area contributed by atoms with Crippen LogP contribution in [0.5, 0.6) is 0 Å². The number of fused-ring (bicyclic) bond motifs is 2. The Labute approximate surface area is 213 Å². The van der Waals surface area contributed by atoms with Crippen LogP contribution in [-0.4, -0.2) is 62.8 Å². The largest absolute Gasteiger partial charge is 0.416 e. The van der Waals surface area contributed by atoms with Crippen molar-refractivity contribution in [3.05, 3.63) is 47.5 Å². The van der Waals surface area contributed by atoms with Crippen molar-refractivity contribution < 1.29 is 27.8 Å². The molecule has 0 spiro atoms. The first-order chi connectivity index (χ1) is 17.6. The summed E-state index contributed by atoms with van der Waals surface area (Å²) in [5.74, 6) is 0.339. The van der Waals surface area contributed by atoms with Gasteiger partial charge in [0.15, 0.2) is 5.13 Å². The number of benzene rings is 2. The van der Waals surface area contributed by atoms with Gasteiger partial charge >= 0.3 is 6.18 Å². The highest BCUT2D eigenvalue weighted by Crippen LogP contribution is 2.35. The summed E-state index contributed by atoms with van der Waals surface area (Å²) in [6, 6.07) is 8.11. The molecule has 4 aromatic rings. The summed E-state index contributed by atoms with van der Waals surface area (Å²) in [6.07, 6.45) is -5.51. The van der Waals surface area contributed by atoms with E-state index in [1.807, 2.05) is 0 Å². The summed E-state index contributed by atoms with van der Waals surface area (Å²) in [6.45, 7) is 3.75. The lowest BCUT2D eigenvalue weighted by molar-refractivity contribution is -0.138. The zero-order valence-electron chi connectivity index (χ0n) is 20.0. The highest BCUT2D eigenvalue weighted by molar-refractivity contribution is 7.22. The molecule has 2 aromatic carbocycles. The van der Waals surface area contributed by atoms with Crippen LogP contribution in [-0.2, 0) is 22.8 Å². The number of aliphatic hydroxyl groups excluding tert-OH is 1. The van der Waals surface area contributed by atoms with E-state index in [1.165, 1.54) is 6.07 Å². The number of aromatic nitrogens is 3. The second-order valence-electron chi connectivity index (χ2n) is 8.80. The molecule has 3 heterocycles. The van der Waals surface area contributed by atoms with Crippen LogP contribution < -0.4 is 10.6 Å². The number of ether oxygens (including phenoxy) is 1. The van der Waals surface area contributed by atoms with Gasteiger partial charge in [-0.3, -0.25) is 10.1 Å². The van der Waals surface area contributed by atoms with E-state index in [4.69, 9.17) is 4.74 Å². The molecule has 3 N–H and O–H groups in total. The number of imidazole rings is 1. The van der Waals surface area contributed by atoms with Crippen LogP contribution in [0.15, 0.2) is 36.4 Å². The maximum Gasteiger partial charge on any atom is 0.416 e. The number of morpholine rings is 1. The van der Waals surface area contributed by atoms with Crippen molar-refractivity contribution in [2.24, 2.45) is 7.05 Å². The van der Waals surface area contributed by atoms with Gasteiger partial charge in [0.1, 0.15) is 6.23 Å². The van der Waals surface area contributed by atoms with Gasteiger partial charge in [-0.1, -0.05) is 17.4 Å². The molecule has 1 aliphatic heterocycles. The molecular formula is C24H25F3N6O3S. The fraction of sp³-hybridized carbons (Fsp3) is 0.375. The maximum atomic E-state index is 13.0. The van der Waals surface area contributed by atoms with Crippen LogP contribution in [0, 0.1) is 0 Å². The lowest BCUT2D eigenvalue weighted by atomic mass is 10.1. The zero-order valence-corrected chi connectivity index (χ0v) is 20.9. The van der Waals surface area contributed by atoms with Gasteiger partial charge < -0.3 is 24.6 Å². The number of nitrogens with one attached hydrogen (secondary N) is 2. The number of hydrogen-bond acceptors (Lipinski definition) is 8. The number of hydrogen-bond donors (Lipinski definition) is 3. The molecule has 2 atom stereocenters. The lowest BCUT2D eigenvalue weighted by Crippen LogP contribution is -2.49. The SMILES string of the molecule is C[C@H](NC(O)c1ccc2c(c1)nc(Nc1nc3ccc(C(F)(F)F)cc3s1)n2C)C(=O)N1CCOCC1. The number of rotatable bonds is 6. The van der Waals surface area contributed by atoms with Crippen molar-refractivity contribution in [1.29, 1.82) is 0 Å². The van der Waals surface area contributed by atoms with Crippen molar-refractivity contribution in [3.63, 3.8) is 0 Å². The minimum absolute atomic E-state index is 0.106. The normalized spacial score (nSPS) is 16.3. The van der Waals surface area contributed by atoms with E-state index in [0.717, 1.165) is 29.0 Å². The Kier molecular flexibility index (Phi) is 6.79. The number of aliphatic hydroxyl groups is 1. The number of alkyl halides is 3. The number of thiazole rings is 1. The average Bonchev–Trinajstić information content (AvgIpc) is 3.42. The number of anilines is 2. The van der Waals surface area contributed by atoms with E-state index in [1.54, 1.807) is 41.6 Å². The zero-order chi connectivity index (χ0) is 26.3. The van der Waals surface area contributed by atoms with Crippen molar-refractivity contribution >= 4 is 49.6 Å². The quantitative estimate of drug-likeness (QED) is 0.324. The van der Waals surface area contributed by atoms with Gasteiger partial charge in [0.2, 0.25) is 11.9 Å². The van der Waals surface area contributed by atoms with Crippen LogP contribution in [0.1, 0.15) is 24.3 Å². The smallest absolute Gasteiger partial charge is 0.378 e. The van der Waals surface area contributed by atoms with E-state index in [9.17, 15) is 23.1 Å². The van der Waals surface area contributed by atoms with Gasteiger partial charge in [0, 0.05) is 20.1 Å². The third-order valence-corrected chi connectivity index (χ3v) is 7.19. The molecule has 0 aliphatic carbocycles. The monoisotopic (exact) mass is 534 g/mol. The van der Waals surface area contributed by atoms with Crippen LogP contribution >= 0.6 is 11.3 Å². The Bertz CT molecular complexity index is 1450. The lowest BCUT2D eigenvalue weighted by Gasteiger charge is -2.30. The van der Waals surface area contributed by atoms with Crippen molar-refractivity contribution in [3.8, 4) is 0 Å². The number of halogens is 3. The summed E-state index contributed by atoms with van der Waals surface area (Å²) in [7, 11) is 1.80. The molecule has 2 aromatic heterocycles. The summed E-state index contributed by atoms with van der Waals surface area (Å²) in [5.41, 5.74) is 1.64. The molecule has 1 unspecified atom stereocenters. The highest BCUT2D eigenvalue weighted by Gasteiger charge is 2.31. The fourth-order valence-corrected chi connectivity index (χ4v) is 5.11. The number of amides is 1. The molecule has 196 valence electrons. The molecule has 13 heteroatoms. The van der Waals surface area contributed by atoms with E-state index >= 15 is 0 Å². The van der Waals surface area contributed by atoms with E-state index < -0.39 is 24.0 Å². The molecule has 0 bridgehead atoms. The molecule has 5 rings (SSSR count). The first-order valence-corrected chi connectivity index (χ1v) is 12.4. The van der Waals surface area contributed by atoms with E-state index in [2.05, 4.69) is 20.6 Å². The van der Waals surface area contributed by atoms with Crippen LogP contribution in [0.2, 0.25) is 0 Å². The Hall–Kier alpha value is -3.26. The van der Waals surface area contributed by atoms with Crippen molar-refractivity contribution in [1.82, 2.24) is 24.8 Å². The third kappa shape index (κ3) is 5.25. The van der Waals surface area contributed by atoms with Crippen LogP contribution in [0.25, 0.3) is 21.3 Å². The Morgan fingerprint density at radius 2 is 1.89 bits per heavy atom. The Morgan fingerprint density at radius 3 is 2.62 bits per heavy atom. The number of carbonyl (C=O) groups is 1. The second-order valence-corrected chi connectivity index (χ2v) is 9.83. The van der Waals surface area contributed by atoms with Gasteiger partial charge in [-0.25, -0.2) is 9.97 Å². The second kappa shape index (κ2) is 9.89. The van der Waals surface area contributed by atoms with Gasteiger partial charge in [0.05, 0.1) is 46.1 Å². The standard InChI is InChI=1S/C24H25F3N6O3S/c1-13(21(35)33-7-9-36-10-8-33)28-20(34)14-3-6-18-17(11-14)29-22(32(18)2)31-23-30-16-5-4-15(24(25,26)27)12-19(16)37-23/h3-6,11-13,20,28,34H,7-10H2,1-2H3,(H,29,30,31)/t13-,20?/m0/s1. The van der Waals surface area contributed by atoms with Gasteiger partial charge in [-0.05, 0) is 42.8 Å². The average molecular weight is 535 g/mol. The summed E-state index contributed by atoms with van der Waals surface area (Å²) < 4.78 is 46.6. The Morgan fingerprint density at radius 1 is 1.14 bits per heavy atom. The van der Waals surface area contributed by atoms with E-state index in [-0.39, 0.29) is 5.91 Å². The minimum atomic E-state index is -4.42. The molecule has 1 saturated heterocycles. The summed E-state index contributed by atoms with van der Waals surface area (Å²) in [4.78, 5) is 23.3. The van der Waals surface area contributed by atoms with Crippen LogP contribution in [0.4, 0.5) is 24.3 Å². The third-order valence-electron chi connectivity index (χ3n) is 6.26. The van der Waals surface area contributed by atoms with Gasteiger partial charge in [-0.2, -0.15) is 13.2 Å². The fourth-order valence-electron chi connectivity index (χ4n) is 4.21. The topological polar surface area (TPSA) is 105 Å². The Balaban J connectivity index is 1.32. The first-order valence-electron chi connectivity index (χ1n) is 11.6.